The molecule has 1 aromatic carbocycles. The highest BCUT2D eigenvalue weighted by Crippen LogP contribution is 2.18. The molecule has 0 atom stereocenters. The maximum absolute atomic E-state index is 5.90. The minimum atomic E-state index is 0.585. The number of nitrogens with one attached hydrogen (secondary N) is 1. The highest BCUT2D eigenvalue weighted by atomic mass is 16.5. The van der Waals surface area contributed by atoms with E-state index >= 15 is 0 Å². The molecule has 0 saturated heterocycles. The first kappa shape index (κ1) is 14.5. The van der Waals surface area contributed by atoms with Gasteiger partial charge in [0, 0.05) is 24.5 Å². The normalized spacial score (nSPS) is 10.8. The zero-order valence-electron chi connectivity index (χ0n) is 12.2. The van der Waals surface area contributed by atoms with Gasteiger partial charge in [0.1, 0.15) is 12.4 Å². The Balaban J connectivity index is 1.93. The summed E-state index contributed by atoms with van der Waals surface area (Å²) in [7, 11) is 0. The SMILES string of the molecule is CC(C)CNCc1cnccc1OCc1ccccc1. The molecule has 0 amide bonds. The number of pyridine rings is 1. The van der Waals surface area contributed by atoms with Crippen molar-refractivity contribution in [1.82, 2.24) is 10.3 Å². The molecule has 3 nitrogen and oxygen atoms in total. The summed E-state index contributed by atoms with van der Waals surface area (Å²) in [5.74, 6) is 1.54. The molecule has 1 N–H and O–H groups in total. The first-order valence-corrected chi connectivity index (χ1v) is 7.06. The van der Waals surface area contributed by atoms with E-state index in [4.69, 9.17) is 4.74 Å². The predicted octanol–water partition coefficient (Wildman–Crippen LogP) is 3.41. The lowest BCUT2D eigenvalue weighted by molar-refractivity contribution is 0.301. The summed E-state index contributed by atoms with van der Waals surface area (Å²) in [5, 5.41) is 3.42. The summed E-state index contributed by atoms with van der Waals surface area (Å²) in [5.41, 5.74) is 2.27. The lowest BCUT2D eigenvalue weighted by atomic mass is 10.2. The molecule has 1 aromatic heterocycles. The first-order valence-electron chi connectivity index (χ1n) is 7.06. The quantitative estimate of drug-likeness (QED) is 0.837. The minimum Gasteiger partial charge on any atom is -0.488 e. The Bertz CT molecular complexity index is 511. The van der Waals surface area contributed by atoms with Gasteiger partial charge in [-0.3, -0.25) is 4.98 Å². The molecule has 0 aliphatic carbocycles. The van der Waals surface area contributed by atoms with Crippen molar-refractivity contribution < 1.29 is 4.74 Å². The van der Waals surface area contributed by atoms with Crippen LogP contribution in [0.25, 0.3) is 0 Å². The Morgan fingerprint density at radius 3 is 2.70 bits per heavy atom. The number of hydrogen-bond donors (Lipinski definition) is 1. The fourth-order valence-corrected chi connectivity index (χ4v) is 1.92. The van der Waals surface area contributed by atoms with Gasteiger partial charge in [0.15, 0.2) is 0 Å². The molecule has 0 spiro atoms. The van der Waals surface area contributed by atoms with E-state index in [2.05, 4.69) is 36.3 Å². The van der Waals surface area contributed by atoms with Gasteiger partial charge in [-0.25, -0.2) is 0 Å². The third-order valence-electron chi connectivity index (χ3n) is 2.96. The lowest BCUT2D eigenvalue weighted by Gasteiger charge is -2.12. The molecular weight excluding hydrogens is 248 g/mol. The monoisotopic (exact) mass is 270 g/mol. The molecule has 20 heavy (non-hydrogen) atoms. The van der Waals surface area contributed by atoms with Crippen molar-refractivity contribution in [2.75, 3.05) is 6.54 Å². The molecular formula is C17H22N2O. The topological polar surface area (TPSA) is 34.2 Å². The molecule has 0 unspecified atom stereocenters. The van der Waals surface area contributed by atoms with Crippen LogP contribution in [-0.4, -0.2) is 11.5 Å². The van der Waals surface area contributed by atoms with Crippen LogP contribution in [0.3, 0.4) is 0 Å². The van der Waals surface area contributed by atoms with Gasteiger partial charge in [0.05, 0.1) is 0 Å². The summed E-state index contributed by atoms with van der Waals surface area (Å²) >= 11 is 0. The third kappa shape index (κ3) is 4.67. The fraction of sp³-hybridized carbons (Fsp3) is 0.353. The molecule has 0 saturated carbocycles. The minimum absolute atomic E-state index is 0.585. The van der Waals surface area contributed by atoms with Gasteiger partial charge in [-0.2, -0.15) is 0 Å². The average molecular weight is 270 g/mol. The summed E-state index contributed by atoms with van der Waals surface area (Å²) in [4.78, 5) is 4.18. The van der Waals surface area contributed by atoms with Gasteiger partial charge in [-0.1, -0.05) is 44.2 Å². The number of rotatable bonds is 7. The molecule has 0 bridgehead atoms. The molecule has 1 heterocycles. The van der Waals surface area contributed by atoms with E-state index in [0.29, 0.717) is 12.5 Å². The first-order chi connectivity index (χ1) is 9.75. The molecule has 3 heteroatoms. The van der Waals surface area contributed by atoms with Gasteiger partial charge in [0.2, 0.25) is 0 Å². The van der Waals surface area contributed by atoms with Gasteiger partial charge in [-0.15, -0.1) is 0 Å². The van der Waals surface area contributed by atoms with Crippen molar-refractivity contribution >= 4 is 0 Å². The van der Waals surface area contributed by atoms with Gasteiger partial charge in [0.25, 0.3) is 0 Å². The lowest BCUT2D eigenvalue weighted by Crippen LogP contribution is -2.19. The summed E-state index contributed by atoms with van der Waals surface area (Å²) in [6.45, 7) is 6.76. The second-order valence-electron chi connectivity index (χ2n) is 5.28. The van der Waals surface area contributed by atoms with Crippen LogP contribution in [0.1, 0.15) is 25.0 Å². The highest BCUT2D eigenvalue weighted by molar-refractivity contribution is 5.30. The third-order valence-corrected chi connectivity index (χ3v) is 2.96. The van der Waals surface area contributed by atoms with E-state index in [0.717, 1.165) is 24.4 Å². The number of hydrogen-bond acceptors (Lipinski definition) is 3. The van der Waals surface area contributed by atoms with E-state index in [9.17, 15) is 0 Å². The number of aromatic nitrogens is 1. The Labute approximate surface area is 121 Å². The predicted molar refractivity (Wildman–Crippen MR) is 81.6 cm³/mol. The Kier molecular flexibility index (Phi) is 5.56. The standard InChI is InChI=1S/C17H22N2O/c1-14(2)10-19-12-16-11-18-9-8-17(16)20-13-15-6-4-3-5-7-15/h3-9,11,14,19H,10,12-13H2,1-2H3. The van der Waals surface area contributed by atoms with E-state index in [1.54, 1.807) is 6.20 Å². The highest BCUT2D eigenvalue weighted by Gasteiger charge is 2.04. The number of nitrogens with zero attached hydrogens (tertiary/aromatic N) is 1. The molecule has 0 radical (unpaired) electrons. The molecule has 2 rings (SSSR count). The van der Waals surface area contributed by atoms with Crippen LogP contribution in [-0.2, 0) is 13.2 Å². The second kappa shape index (κ2) is 7.65. The maximum atomic E-state index is 5.90. The van der Waals surface area contributed by atoms with Crippen molar-refractivity contribution in [2.24, 2.45) is 5.92 Å². The molecule has 0 fully saturated rings. The average Bonchev–Trinajstić information content (AvgIpc) is 2.47. The van der Waals surface area contributed by atoms with Gasteiger partial charge in [-0.05, 0) is 24.1 Å². The maximum Gasteiger partial charge on any atom is 0.127 e. The molecule has 0 aliphatic heterocycles. The van der Waals surface area contributed by atoms with E-state index in [-0.39, 0.29) is 0 Å². The molecule has 0 aliphatic rings. The van der Waals surface area contributed by atoms with Crippen LogP contribution in [0.15, 0.2) is 48.8 Å². The van der Waals surface area contributed by atoms with E-state index in [1.165, 1.54) is 5.56 Å². The number of benzene rings is 1. The summed E-state index contributed by atoms with van der Waals surface area (Å²) in [6, 6.07) is 12.1. The van der Waals surface area contributed by atoms with E-state index in [1.807, 2.05) is 30.5 Å². The largest absolute Gasteiger partial charge is 0.488 e. The zero-order chi connectivity index (χ0) is 14.2. The smallest absolute Gasteiger partial charge is 0.127 e. The van der Waals surface area contributed by atoms with E-state index < -0.39 is 0 Å². The van der Waals surface area contributed by atoms with Crippen molar-refractivity contribution in [3.63, 3.8) is 0 Å². The molecule has 106 valence electrons. The van der Waals surface area contributed by atoms with Crippen molar-refractivity contribution in [3.05, 3.63) is 59.9 Å². The van der Waals surface area contributed by atoms with Crippen LogP contribution in [0.4, 0.5) is 0 Å². The van der Waals surface area contributed by atoms with Crippen LogP contribution in [0.5, 0.6) is 5.75 Å². The van der Waals surface area contributed by atoms with Crippen LogP contribution < -0.4 is 10.1 Å². The van der Waals surface area contributed by atoms with Gasteiger partial charge >= 0.3 is 0 Å². The summed E-state index contributed by atoms with van der Waals surface area (Å²) in [6.07, 6.45) is 3.64. The summed E-state index contributed by atoms with van der Waals surface area (Å²) < 4.78 is 5.90. The van der Waals surface area contributed by atoms with Crippen LogP contribution in [0.2, 0.25) is 0 Å². The Hall–Kier alpha value is -1.87. The molecule has 2 aromatic rings. The van der Waals surface area contributed by atoms with Gasteiger partial charge < -0.3 is 10.1 Å². The zero-order valence-corrected chi connectivity index (χ0v) is 12.2. The fourth-order valence-electron chi connectivity index (χ4n) is 1.92. The van der Waals surface area contributed by atoms with Crippen LogP contribution >= 0.6 is 0 Å². The Morgan fingerprint density at radius 2 is 1.95 bits per heavy atom. The second-order valence-corrected chi connectivity index (χ2v) is 5.28. The van der Waals surface area contributed by atoms with Crippen molar-refractivity contribution in [1.29, 1.82) is 0 Å². The van der Waals surface area contributed by atoms with Crippen molar-refractivity contribution in [3.8, 4) is 5.75 Å². The van der Waals surface area contributed by atoms with Crippen LogP contribution in [0, 0.1) is 5.92 Å². The number of ether oxygens (including phenoxy) is 1. The van der Waals surface area contributed by atoms with Crippen molar-refractivity contribution in [2.45, 2.75) is 27.0 Å². The Morgan fingerprint density at radius 1 is 1.15 bits per heavy atom.